The summed E-state index contributed by atoms with van der Waals surface area (Å²) in [6, 6.07) is 0. The summed E-state index contributed by atoms with van der Waals surface area (Å²) >= 11 is 0. The lowest BCUT2D eigenvalue weighted by Gasteiger charge is -2.58. The van der Waals surface area contributed by atoms with E-state index in [1.54, 1.807) is 0 Å². The van der Waals surface area contributed by atoms with Crippen molar-refractivity contribution in [1.29, 1.82) is 0 Å². The molecule has 4 heterocycles. The number of hydrogen-bond donors (Lipinski definition) is 12. The molecule has 19 nitrogen and oxygen atoms in total. The summed E-state index contributed by atoms with van der Waals surface area (Å²) in [7, 11) is 0. The minimum absolute atomic E-state index is 0.0154. The molecule has 4 aliphatic heterocycles. The summed E-state index contributed by atoms with van der Waals surface area (Å²) in [6.45, 7) is 7.15. The zero-order chi connectivity index (χ0) is 46.2. The number of fused-ring (bicyclic) bond motifs is 7. The van der Waals surface area contributed by atoms with Crippen molar-refractivity contribution >= 4 is 0 Å². The third kappa shape index (κ3) is 8.57. The van der Waals surface area contributed by atoms with Crippen molar-refractivity contribution in [3.05, 3.63) is 11.6 Å². The van der Waals surface area contributed by atoms with E-state index in [0.717, 1.165) is 32.1 Å². The Morgan fingerprint density at radius 2 is 1.31 bits per heavy atom. The molecule has 0 spiro atoms. The Hall–Kier alpha value is -1.02. The lowest BCUT2D eigenvalue weighted by Crippen LogP contribution is -2.65. The second-order valence-corrected chi connectivity index (χ2v) is 21.0. The largest absolute Gasteiger partial charge is 0.394 e. The molecule has 0 aromatic rings. The van der Waals surface area contributed by atoms with Gasteiger partial charge in [0, 0.05) is 12.3 Å². The van der Waals surface area contributed by atoms with Gasteiger partial charge in [0.05, 0.1) is 38.6 Å². The average molecular weight is 919 g/mol. The van der Waals surface area contributed by atoms with Crippen molar-refractivity contribution in [2.45, 2.75) is 196 Å². The Labute approximate surface area is 373 Å². The molecule has 0 aromatic carbocycles. The van der Waals surface area contributed by atoms with E-state index in [0.29, 0.717) is 43.4 Å². The van der Waals surface area contributed by atoms with Gasteiger partial charge < -0.3 is 94.4 Å². The predicted octanol–water partition coefficient (Wildman–Crippen LogP) is -1.86. The molecule has 0 bridgehead atoms. The molecular weight excluding hydrogens is 844 g/mol. The monoisotopic (exact) mass is 918 g/mol. The molecule has 7 fully saturated rings. The summed E-state index contributed by atoms with van der Waals surface area (Å²) in [6.07, 6.45) is -12.9. The Balaban J connectivity index is 0.852. The van der Waals surface area contributed by atoms with Gasteiger partial charge in [0.1, 0.15) is 73.2 Å². The molecular formula is C45H74O19. The molecule has 12 N–H and O–H groups in total. The molecule has 19 heteroatoms. The van der Waals surface area contributed by atoms with Crippen molar-refractivity contribution in [2.75, 3.05) is 26.4 Å². The zero-order valence-electron chi connectivity index (χ0n) is 37.3. The van der Waals surface area contributed by atoms with Gasteiger partial charge in [0.2, 0.25) is 0 Å². The quantitative estimate of drug-likeness (QED) is 0.0902. The topological polar surface area (TPSA) is 307 Å². The summed E-state index contributed by atoms with van der Waals surface area (Å²) < 4.78 is 41.4. The van der Waals surface area contributed by atoms with Crippen LogP contribution in [0.15, 0.2) is 11.6 Å². The van der Waals surface area contributed by atoms with Crippen LogP contribution in [0.25, 0.3) is 0 Å². The van der Waals surface area contributed by atoms with Gasteiger partial charge in [0.15, 0.2) is 24.7 Å². The first kappa shape index (κ1) is 49.4. The van der Waals surface area contributed by atoms with Crippen LogP contribution in [-0.2, 0) is 33.2 Å². The highest BCUT2D eigenvalue weighted by Gasteiger charge is 2.68. The van der Waals surface area contributed by atoms with Gasteiger partial charge in [-0.15, -0.1) is 0 Å². The fourth-order valence-corrected chi connectivity index (χ4v) is 13.6. The van der Waals surface area contributed by atoms with Gasteiger partial charge in [-0.3, -0.25) is 0 Å². The summed E-state index contributed by atoms with van der Waals surface area (Å²) in [5.74, 6) is 0.0434. The van der Waals surface area contributed by atoms with Crippen LogP contribution in [0.5, 0.6) is 0 Å². The molecule has 26 atom stereocenters. The molecule has 4 saturated heterocycles. The van der Waals surface area contributed by atoms with Gasteiger partial charge in [0.25, 0.3) is 0 Å². The van der Waals surface area contributed by atoms with E-state index in [4.69, 9.17) is 33.2 Å². The van der Waals surface area contributed by atoms with E-state index in [1.165, 1.54) is 5.57 Å². The highest BCUT2D eigenvalue weighted by Crippen LogP contribution is 2.70. The first-order valence-corrected chi connectivity index (χ1v) is 23.6. The molecule has 4 aliphatic carbocycles. The van der Waals surface area contributed by atoms with Crippen LogP contribution in [-0.4, -0.2) is 198 Å². The van der Waals surface area contributed by atoms with Gasteiger partial charge in [-0.2, -0.15) is 0 Å². The molecule has 0 unspecified atom stereocenters. The van der Waals surface area contributed by atoms with Crippen LogP contribution >= 0.6 is 0 Å². The first-order chi connectivity index (χ1) is 30.3. The third-order valence-electron chi connectivity index (χ3n) is 17.4. The second-order valence-electron chi connectivity index (χ2n) is 21.0. The van der Waals surface area contributed by atoms with E-state index in [9.17, 15) is 61.3 Å². The van der Waals surface area contributed by atoms with E-state index in [-0.39, 0.29) is 47.4 Å². The molecule has 0 aromatic heterocycles. The molecule has 8 aliphatic rings. The van der Waals surface area contributed by atoms with Crippen LogP contribution in [0.4, 0.5) is 0 Å². The first-order valence-electron chi connectivity index (χ1n) is 23.6. The number of rotatable bonds is 13. The molecule has 0 amide bonds. The van der Waals surface area contributed by atoms with Crippen LogP contribution in [0.1, 0.15) is 85.5 Å². The van der Waals surface area contributed by atoms with Crippen molar-refractivity contribution in [3.8, 4) is 0 Å². The Kier molecular flexibility index (Phi) is 14.7. The normalized spacial score (nSPS) is 54.3. The van der Waals surface area contributed by atoms with E-state index < -0.39 is 118 Å². The summed E-state index contributed by atoms with van der Waals surface area (Å²) in [5, 5.41) is 125. The summed E-state index contributed by atoms with van der Waals surface area (Å²) in [5.41, 5.74) is 1.23. The van der Waals surface area contributed by atoms with Gasteiger partial charge in [-0.25, -0.2) is 0 Å². The fourth-order valence-electron chi connectivity index (χ4n) is 13.6. The third-order valence-corrected chi connectivity index (χ3v) is 17.4. The second kappa shape index (κ2) is 19.1. The highest BCUT2D eigenvalue weighted by atomic mass is 16.7. The maximum absolute atomic E-state index is 12.0. The number of aliphatic hydroxyl groups is 12. The van der Waals surface area contributed by atoms with Crippen LogP contribution in [0, 0.1) is 46.3 Å². The predicted molar refractivity (Wildman–Crippen MR) is 219 cm³/mol. The maximum Gasteiger partial charge on any atom is 0.187 e. The number of ether oxygens (including phenoxy) is 7. The Morgan fingerprint density at radius 3 is 1.97 bits per heavy atom. The van der Waals surface area contributed by atoms with E-state index >= 15 is 0 Å². The minimum atomic E-state index is -1.75. The van der Waals surface area contributed by atoms with Crippen LogP contribution in [0.2, 0.25) is 0 Å². The van der Waals surface area contributed by atoms with Crippen molar-refractivity contribution in [1.82, 2.24) is 0 Å². The highest BCUT2D eigenvalue weighted by molar-refractivity contribution is 5.26. The van der Waals surface area contributed by atoms with Crippen molar-refractivity contribution in [2.24, 2.45) is 46.3 Å². The van der Waals surface area contributed by atoms with E-state index in [2.05, 4.69) is 26.8 Å². The molecule has 368 valence electrons. The van der Waals surface area contributed by atoms with Crippen LogP contribution in [0.3, 0.4) is 0 Å². The lowest BCUT2D eigenvalue weighted by atomic mass is 9.47. The SMILES string of the molecule is C[C@H](CC[C@@]1(O)O[C@H]2C[C@@H]3[C@H]4CC=C5C[C@@H](O[C@@H]6O[C@H](CO)[C@H](O[C@@H]7O[C@H](CO)[C@@H](O)[C@H](O)[C@H]7O)[C@H](O)[C@H]6O)CC[C@]5(C)[C@H]4CC[C@]3(C)[C@H]2[C@@H]1C)CO[C@@H]1O[C@H](CO)[C@@H](O)[C@H](O)[C@H]1O. The molecule has 3 saturated carbocycles. The number of hydrogen-bond acceptors (Lipinski definition) is 19. The Bertz CT molecular complexity index is 1620. The van der Waals surface area contributed by atoms with Crippen LogP contribution < -0.4 is 0 Å². The number of aliphatic hydroxyl groups excluding tert-OH is 11. The van der Waals surface area contributed by atoms with Gasteiger partial charge in [-0.05, 0) is 91.8 Å². The van der Waals surface area contributed by atoms with Gasteiger partial charge in [-0.1, -0.05) is 39.3 Å². The zero-order valence-corrected chi connectivity index (χ0v) is 37.3. The Morgan fingerprint density at radius 1 is 0.719 bits per heavy atom. The summed E-state index contributed by atoms with van der Waals surface area (Å²) in [4.78, 5) is 0. The fraction of sp³-hybridized carbons (Fsp3) is 0.956. The smallest absolute Gasteiger partial charge is 0.187 e. The maximum atomic E-state index is 12.0. The average Bonchev–Trinajstić information content (AvgIpc) is 3.72. The molecule has 64 heavy (non-hydrogen) atoms. The van der Waals surface area contributed by atoms with Crippen molar-refractivity contribution in [3.63, 3.8) is 0 Å². The lowest BCUT2D eigenvalue weighted by molar-refractivity contribution is -0.363. The number of allylic oxidation sites excluding steroid dienone is 1. The molecule has 8 rings (SSSR count). The molecule has 0 radical (unpaired) electrons. The van der Waals surface area contributed by atoms with E-state index in [1.807, 2.05) is 6.92 Å². The standard InChI is InChI=1S/C45H74O19/c1-19(18-58-40-36(54)33(51)31(49)27(15-46)60-40)7-12-45(57)20(2)30-26(64-45)14-25-23-6-5-21-13-22(8-10-43(21,3)24(23)9-11-44(25,30)4)59-41-38(56)35(53)39(29(17-48)62-41)63-42-37(55)34(52)32(50)28(16-47)61-42/h5,19-20,22-42,46-57H,6-18H2,1-4H3/t19-,20+,22+,23+,24+,25-,26+,27-,28-,29-,30+,31-,32-,33+,34+,35-,36-,37-,38-,39+,40-,41-,42+,43+,44+,45-/m1/s1. The minimum Gasteiger partial charge on any atom is -0.394 e. The van der Waals surface area contributed by atoms with Crippen molar-refractivity contribution < 1.29 is 94.4 Å². The van der Waals surface area contributed by atoms with Gasteiger partial charge >= 0.3 is 0 Å².